The number of amides is 2. The Kier molecular flexibility index (Phi) is 4.27. The summed E-state index contributed by atoms with van der Waals surface area (Å²) in [6.07, 6.45) is 11.8. The van der Waals surface area contributed by atoms with Crippen LogP contribution in [0.1, 0.15) is 64.2 Å². The van der Waals surface area contributed by atoms with E-state index in [-0.39, 0.29) is 24.4 Å². The normalized spacial score (nSPS) is 30.4. The highest BCUT2D eigenvalue weighted by molar-refractivity contribution is 5.95. The van der Waals surface area contributed by atoms with Gasteiger partial charge in [0.25, 0.3) is 0 Å². The van der Waals surface area contributed by atoms with Crippen molar-refractivity contribution in [1.29, 1.82) is 0 Å². The van der Waals surface area contributed by atoms with Crippen molar-refractivity contribution in [2.75, 3.05) is 6.54 Å². The quantitative estimate of drug-likeness (QED) is 0.842. The lowest BCUT2D eigenvalue weighted by atomic mass is 9.80. The molecule has 1 saturated heterocycles. The monoisotopic (exact) mass is 278 g/mol. The third-order valence-corrected chi connectivity index (χ3v) is 5.33. The average molecular weight is 278 g/mol. The standard InChI is InChI=1S/C16H26N2O2/c19-14-11-17-16(20)15(12-7-3-1-4-8-12)18(14)13-9-5-2-6-10-13/h12-13,15H,1-11H2,(H,17,20). The van der Waals surface area contributed by atoms with Crippen LogP contribution in [0.5, 0.6) is 0 Å². The van der Waals surface area contributed by atoms with Gasteiger partial charge >= 0.3 is 0 Å². The Morgan fingerprint density at radius 3 is 2.10 bits per heavy atom. The van der Waals surface area contributed by atoms with Gasteiger partial charge in [0.1, 0.15) is 6.04 Å². The van der Waals surface area contributed by atoms with Gasteiger partial charge in [-0.2, -0.15) is 0 Å². The maximum atomic E-state index is 12.4. The van der Waals surface area contributed by atoms with E-state index in [2.05, 4.69) is 5.32 Å². The van der Waals surface area contributed by atoms with E-state index in [1.54, 1.807) is 0 Å². The number of nitrogens with one attached hydrogen (secondary N) is 1. The average Bonchev–Trinajstić information content (AvgIpc) is 2.51. The van der Waals surface area contributed by atoms with Crippen LogP contribution in [-0.4, -0.2) is 35.3 Å². The van der Waals surface area contributed by atoms with Crippen LogP contribution < -0.4 is 5.32 Å². The van der Waals surface area contributed by atoms with Crippen molar-refractivity contribution < 1.29 is 9.59 Å². The summed E-state index contributed by atoms with van der Waals surface area (Å²) in [5.41, 5.74) is 0. The zero-order valence-electron chi connectivity index (χ0n) is 12.3. The Labute approximate surface area is 121 Å². The van der Waals surface area contributed by atoms with E-state index in [0.29, 0.717) is 12.0 Å². The van der Waals surface area contributed by atoms with Crippen molar-refractivity contribution in [2.24, 2.45) is 5.92 Å². The highest BCUT2D eigenvalue weighted by Crippen LogP contribution is 2.34. The van der Waals surface area contributed by atoms with E-state index in [0.717, 1.165) is 25.7 Å². The highest BCUT2D eigenvalue weighted by Gasteiger charge is 2.43. The molecule has 0 spiro atoms. The number of rotatable bonds is 2. The van der Waals surface area contributed by atoms with Crippen molar-refractivity contribution >= 4 is 11.8 Å². The summed E-state index contributed by atoms with van der Waals surface area (Å²) >= 11 is 0. The second-order valence-electron chi connectivity index (χ2n) is 6.65. The Bertz CT molecular complexity index is 335. The molecule has 0 aromatic heterocycles. The third kappa shape index (κ3) is 2.70. The third-order valence-electron chi connectivity index (χ3n) is 5.33. The van der Waals surface area contributed by atoms with E-state index < -0.39 is 0 Å². The smallest absolute Gasteiger partial charge is 0.243 e. The number of carbonyl (C=O) groups excluding carboxylic acids is 2. The maximum absolute atomic E-state index is 12.4. The SMILES string of the molecule is O=C1NCC(=O)N(C2CCCCC2)C1C1CCCCC1. The van der Waals surface area contributed by atoms with Crippen molar-refractivity contribution in [2.45, 2.75) is 76.3 Å². The first-order valence-corrected chi connectivity index (χ1v) is 8.36. The first-order chi connectivity index (χ1) is 9.77. The molecule has 2 saturated carbocycles. The van der Waals surface area contributed by atoms with E-state index in [1.165, 1.54) is 38.5 Å². The molecular formula is C16H26N2O2. The molecule has 3 aliphatic rings. The molecule has 2 amide bonds. The molecule has 0 radical (unpaired) electrons. The van der Waals surface area contributed by atoms with Crippen LogP contribution in [-0.2, 0) is 9.59 Å². The van der Waals surface area contributed by atoms with Gasteiger partial charge in [-0.1, -0.05) is 38.5 Å². The molecule has 0 aromatic rings. The molecule has 112 valence electrons. The van der Waals surface area contributed by atoms with Gasteiger partial charge in [-0.3, -0.25) is 9.59 Å². The summed E-state index contributed by atoms with van der Waals surface area (Å²) in [7, 11) is 0. The number of piperazine rings is 1. The van der Waals surface area contributed by atoms with Gasteiger partial charge in [-0.05, 0) is 31.6 Å². The molecule has 1 unspecified atom stereocenters. The number of carbonyl (C=O) groups is 2. The van der Waals surface area contributed by atoms with Crippen LogP contribution in [0.15, 0.2) is 0 Å². The highest BCUT2D eigenvalue weighted by atomic mass is 16.2. The summed E-state index contributed by atoms with van der Waals surface area (Å²) in [4.78, 5) is 26.8. The van der Waals surface area contributed by atoms with Crippen LogP contribution in [0.25, 0.3) is 0 Å². The Hall–Kier alpha value is -1.06. The molecule has 20 heavy (non-hydrogen) atoms. The fourth-order valence-corrected chi connectivity index (χ4v) is 4.32. The number of hydrogen-bond acceptors (Lipinski definition) is 2. The van der Waals surface area contributed by atoms with Crippen LogP contribution in [0.4, 0.5) is 0 Å². The molecule has 4 heteroatoms. The van der Waals surface area contributed by atoms with Crippen molar-refractivity contribution in [1.82, 2.24) is 10.2 Å². The van der Waals surface area contributed by atoms with Crippen molar-refractivity contribution in [3.63, 3.8) is 0 Å². The first kappa shape index (κ1) is 13.9. The molecule has 1 aliphatic heterocycles. The van der Waals surface area contributed by atoms with Crippen LogP contribution in [0.3, 0.4) is 0 Å². The summed E-state index contributed by atoms with van der Waals surface area (Å²) in [5.74, 6) is 0.629. The Morgan fingerprint density at radius 1 is 0.850 bits per heavy atom. The summed E-state index contributed by atoms with van der Waals surface area (Å²) in [6, 6.07) is 0.133. The van der Waals surface area contributed by atoms with E-state index in [9.17, 15) is 9.59 Å². The minimum absolute atomic E-state index is 0.0991. The van der Waals surface area contributed by atoms with E-state index in [4.69, 9.17) is 0 Å². The maximum Gasteiger partial charge on any atom is 0.243 e. The Balaban J connectivity index is 1.80. The van der Waals surface area contributed by atoms with Gasteiger partial charge in [0.2, 0.25) is 11.8 Å². The summed E-state index contributed by atoms with van der Waals surface area (Å²) in [6.45, 7) is 0.207. The first-order valence-electron chi connectivity index (χ1n) is 8.36. The summed E-state index contributed by atoms with van der Waals surface area (Å²) < 4.78 is 0. The lowest BCUT2D eigenvalue weighted by Gasteiger charge is -2.45. The van der Waals surface area contributed by atoms with Gasteiger partial charge in [0.05, 0.1) is 6.54 Å². The molecule has 3 fully saturated rings. The zero-order valence-corrected chi connectivity index (χ0v) is 12.3. The van der Waals surface area contributed by atoms with Crippen LogP contribution >= 0.6 is 0 Å². The van der Waals surface area contributed by atoms with Gasteiger partial charge in [0, 0.05) is 6.04 Å². The van der Waals surface area contributed by atoms with Crippen LogP contribution in [0.2, 0.25) is 0 Å². The topological polar surface area (TPSA) is 49.4 Å². The summed E-state index contributed by atoms with van der Waals surface area (Å²) in [5, 5.41) is 2.82. The van der Waals surface area contributed by atoms with E-state index in [1.807, 2.05) is 4.90 Å². The fraction of sp³-hybridized carbons (Fsp3) is 0.875. The lowest BCUT2D eigenvalue weighted by Crippen LogP contribution is -2.64. The predicted octanol–water partition coefficient (Wildman–Crippen LogP) is 2.23. The van der Waals surface area contributed by atoms with Gasteiger partial charge in [-0.15, -0.1) is 0 Å². The molecule has 3 rings (SSSR count). The molecular weight excluding hydrogens is 252 g/mol. The van der Waals surface area contributed by atoms with Gasteiger partial charge < -0.3 is 10.2 Å². The molecule has 1 atom stereocenters. The second-order valence-corrected chi connectivity index (χ2v) is 6.65. The second kappa shape index (κ2) is 6.15. The van der Waals surface area contributed by atoms with Crippen molar-refractivity contribution in [3.8, 4) is 0 Å². The molecule has 1 heterocycles. The molecule has 2 aliphatic carbocycles. The largest absolute Gasteiger partial charge is 0.345 e. The molecule has 0 aromatic carbocycles. The van der Waals surface area contributed by atoms with Crippen molar-refractivity contribution in [3.05, 3.63) is 0 Å². The fourth-order valence-electron chi connectivity index (χ4n) is 4.32. The minimum Gasteiger partial charge on any atom is -0.345 e. The van der Waals surface area contributed by atoms with E-state index >= 15 is 0 Å². The number of hydrogen-bond donors (Lipinski definition) is 1. The minimum atomic E-state index is -0.181. The Morgan fingerprint density at radius 2 is 1.45 bits per heavy atom. The molecule has 4 nitrogen and oxygen atoms in total. The molecule has 0 bridgehead atoms. The number of nitrogens with zero attached hydrogens (tertiary/aromatic N) is 1. The van der Waals surface area contributed by atoms with Gasteiger partial charge in [0.15, 0.2) is 0 Å². The predicted molar refractivity (Wildman–Crippen MR) is 77.1 cm³/mol. The molecule has 1 N–H and O–H groups in total. The zero-order chi connectivity index (χ0) is 13.9. The van der Waals surface area contributed by atoms with Gasteiger partial charge in [-0.25, -0.2) is 0 Å². The lowest BCUT2D eigenvalue weighted by molar-refractivity contribution is -0.152. The van der Waals surface area contributed by atoms with Crippen LogP contribution in [0, 0.1) is 5.92 Å².